The molecule has 1 aromatic heterocycles. The lowest BCUT2D eigenvalue weighted by atomic mass is 10.0. The number of benzene rings is 2. The van der Waals surface area contributed by atoms with Crippen LogP contribution in [0.1, 0.15) is 22.2 Å². The zero-order valence-electron chi connectivity index (χ0n) is 13.5. The first kappa shape index (κ1) is 15.1. The number of carbonyl (C=O) groups is 1. The molecule has 2 aromatic carbocycles. The van der Waals surface area contributed by atoms with E-state index >= 15 is 0 Å². The number of nitro groups is 1. The zero-order valence-corrected chi connectivity index (χ0v) is 13.5. The Balaban J connectivity index is 1.81. The van der Waals surface area contributed by atoms with Gasteiger partial charge in [0.2, 0.25) is 0 Å². The maximum absolute atomic E-state index is 12.6. The third-order valence-electron chi connectivity index (χ3n) is 4.66. The van der Waals surface area contributed by atoms with Crippen molar-refractivity contribution >= 4 is 28.1 Å². The first-order valence-corrected chi connectivity index (χ1v) is 7.80. The normalized spacial score (nSPS) is 16.3. The Kier molecular flexibility index (Phi) is 3.21. The summed E-state index contributed by atoms with van der Waals surface area (Å²) in [5.74, 6) is -0.0655. The molecule has 6 heteroatoms. The number of amides is 1. The van der Waals surface area contributed by atoms with Gasteiger partial charge in [-0.15, -0.1) is 0 Å². The van der Waals surface area contributed by atoms with E-state index in [-0.39, 0.29) is 17.8 Å². The van der Waals surface area contributed by atoms with Gasteiger partial charge in [0.05, 0.1) is 10.4 Å². The predicted molar refractivity (Wildman–Crippen MR) is 95.2 cm³/mol. The standard InChI is InChI=1S/C19H15N3O3/c1-12(13-7-9-15(10-8-13)22(24)25)18-20(2)19(23)17-11-14-5-3-4-6-16(14)21(17)18/h3-11,18H,1H2,2H3. The van der Waals surface area contributed by atoms with Crippen LogP contribution in [-0.2, 0) is 0 Å². The van der Waals surface area contributed by atoms with Crippen molar-refractivity contribution in [2.45, 2.75) is 6.17 Å². The lowest BCUT2D eigenvalue weighted by Crippen LogP contribution is -2.25. The minimum Gasteiger partial charge on any atom is -0.316 e. The lowest BCUT2D eigenvalue weighted by Gasteiger charge is -2.25. The molecule has 1 aliphatic heterocycles. The SMILES string of the molecule is C=C(c1ccc([N+](=O)[O-])cc1)C1N(C)C(=O)c2cc3ccccc3n21. The molecule has 0 aliphatic carbocycles. The average Bonchev–Trinajstić information content (AvgIpc) is 3.11. The summed E-state index contributed by atoms with van der Waals surface area (Å²) >= 11 is 0. The fraction of sp³-hybridized carbons (Fsp3) is 0.105. The van der Waals surface area contributed by atoms with Crippen molar-refractivity contribution in [1.82, 2.24) is 9.47 Å². The topological polar surface area (TPSA) is 68.4 Å². The van der Waals surface area contributed by atoms with Crippen molar-refractivity contribution < 1.29 is 9.72 Å². The minimum atomic E-state index is -0.435. The van der Waals surface area contributed by atoms with Gasteiger partial charge in [-0.1, -0.05) is 24.8 Å². The fourth-order valence-electron chi connectivity index (χ4n) is 3.40. The second kappa shape index (κ2) is 5.31. The molecule has 0 saturated heterocycles. The van der Waals surface area contributed by atoms with Gasteiger partial charge in [0.25, 0.3) is 11.6 Å². The van der Waals surface area contributed by atoms with E-state index in [1.54, 1.807) is 24.1 Å². The van der Waals surface area contributed by atoms with Gasteiger partial charge in [-0.3, -0.25) is 14.9 Å². The molecule has 124 valence electrons. The maximum atomic E-state index is 12.6. The van der Waals surface area contributed by atoms with Gasteiger partial charge in [-0.05, 0) is 35.4 Å². The van der Waals surface area contributed by atoms with Crippen LogP contribution < -0.4 is 0 Å². The van der Waals surface area contributed by atoms with Crippen molar-refractivity contribution in [3.05, 3.63) is 82.5 Å². The molecule has 1 aliphatic rings. The number of fused-ring (bicyclic) bond motifs is 3. The second-order valence-corrected chi connectivity index (χ2v) is 6.08. The van der Waals surface area contributed by atoms with E-state index in [2.05, 4.69) is 6.58 Å². The Bertz CT molecular complexity index is 1030. The molecule has 0 radical (unpaired) electrons. The van der Waals surface area contributed by atoms with Crippen molar-refractivity contribution in [2.75, 3.05) is 7.05 Å². The molecule has 2 heterocycles. The highest BCUT2D eigenvalue weighted by Gasteiger charge is 2.37. The maximum Gasteiger partial charge on any atom is 0.272 e. The van der Waals surface area contributed by atoms with Crippen LogP contribution in [0.25, 0.3) is 16.5 Å². The van der Waals surface area contributed by atoms with Gasteiger partial charge < -0.3 is 9.47 Å². The Morgan fingerprint density at radius 3 is 2.52 bits per heavy atom. The molecule has 1 amide bonds. The first-order valence-electron chi connectivity index (χ1n) is 7.80. The molecule has 1 atom stereocenters. The first-order chi connectivity index (χ1) is 12.0. The molecule has 6 nitrogen and oxygen atoms in total. The van der Waals surface area contributed by atoms with Crippen LogP contribution in [0.5, 0.6) is 0 Å². The number of likely N-dealkylation sites (N-methyl/N-ethyl adjacent to an activating group) is 1. The second-order valence-electron chi connectivity index (χ2n) is 6.08. The Hall–Kier alpha value is -3.41. The van der Waals surface area contributed by atoms with Gasteiger partial charge in [0.15, 0.2) is 0 Å². The molecule has 0 fully saturated rings. The van der Waals surface area contributed by atoms with Gasteiger partial charge in [-0.25, -0.2) is 0 Å². The van der Waals surface area contributed by atoms with E-state index in [1.807, 2.05) is 34.9 Å². The van der Waals surface area contributed by atoms with Crippen molar-refractivity contribution in [3.63, 3.8) is 0 Å². The molecule has 4 rings (SSSR count). The third-order valence-corrected chi connectivity index (χ3v) is 4.66. The molecule has 1 unspecified atom stereocenters. The van der Waals surface area contributed by atoms with Crippen LogP contribution in [0.2, 0.25) is 0 Å². The molecule has 25 heavy (non-hydrogen) atoms. The van der Waals surface area contributed by atoms with Crippen molar-refractivity contribution in [3.8, 4) is 0 Å². The minimum absolute atomic E-state index is 0.0273. The van der Waals surface area contributed by atoms with E-state index in [9.17, 15) is 14.9 Å². The summed E-state index contributed by atoms with van der Waals surface area (Å²) in [5.41, 5.74) is 3.09. The van der Waals surface area contributed by atoms with Crippen LogP contribution in [0.4, 0.5) is 5.69 Å². The van der Waals surface area contributed by atoms with Crippen molar-refractivity contribution in [2.24, 2.45) is 0 Å². The lowest BCUT2D eigenvalue weighted by molar-refractivity contribution is -0.384. The summed E-state index contributed by atoms with van der Waals surface area (Å²) in [6.07, 6.45) is -0.358. The Morgan fingerprint density at radius 2 is 1.84 bits per heavy atom. The summed E-state index contributed by atoms with van der Waals surface area (Å²) in [5, 5.41) is 11.8. The number of para-hydroxylation sites is 1. The zero-order chi connectivity index (χ0) is 17.7. The molecule has 0 spiro atoms. The quantitative estimate of drug-likeness (QED) is 0.540. The van der Waals surface area contributed by atoms with Crippen LogP contribution in [0.3, 0.4) is 0 Å². The molecule has 3 aromatic rings. The van der Waals surface area contributed by atoms with Crippen LogP contribution in [0, 0.1) is 10.1 Å². The van der Waals surface area contributed by atoms with E-state index in [4.69, 9.17) is 0 Å². The monoisotopic (exact) mass is 333 g/mol. The van der Waals surface area contributed by atoms with Gasteiger partial charge in [0.1, 0.15) is 11.9 Å². The fourth-order valence-corrected chi connectivity index (χ4v) is 3.40. The summed E-state index contributed by atoms with van der Waals surface area (Å²) in [7, 11) is 1.74. The highest BCUT2D eigenvalue weighted by Crippen LogP contribution is 2.39. The van der Waals surface area contributed by atoms with Crippen LogP contribution in [-0.4, -0.2) is 27.3 Å². The summed E-state index contributed by atoms with van der Waals surface area (Å²) < 4.78 is 1.97. The molecule has 0 bridgehead atoms. The van der Waals surface area contributed by atoms with Crippen molar-refractivity contribution in [1.29, 1.82) is 0 Å². The smallest absolute Gasteiger partial charge is 0.272 e. The van der Waals surface area contributed by atoms with Gasteiger partial charge >= 0.3 is 0 Å². The number of hydrogen-bond acceptors (Lipinski definition) is 3. The van der Waals surface area contributed by atoms with E-state index < -0.39 is 4.92 Å². The predicted octanol–water partition coefficient (Wildman–Crippen LogP) is 3.85. The number of carbonyl (C=O) groups excluding carboxylic acids is 1. The van der Waals surface area contributed by atoms with Crippen LogP contribution in [0.15, 0.2) is 61.2 Å². The molecule has 0 saturated carbocycles. The average molecular weight is 333 g/mol. The summed E-state index contributed by atoms with van der Waals surface area (Å²) in [4.78, 5) is 24.7. The number of nitro benzene ring substituents is 1. The molecule has 0 N–H and O–H groups in total. The highest BCUT2D eigenvalue weighted by atomic mass is 16.6. The Morgan fingerprint density at radius 1 is 1.16 bits per heavy atom. The molecular formula is C19H15N3O3. The number of rotatable bonds is 3. The van der Waals surface area contributed by atoms with Gasteiger partial charge in [-0.2, -0.15) is 0 Å². The Labute approximate surface area is 143 Å². The van der Waals surface area contributed by atoms with E-state index in [1.165, 1.54) is 12.1 Å². The van der Waals surface area contributed by atoms with Crippen LogP contribution >= 0.6 is 0 Å². The third kappa shape index (κ3) is 2.15. The van der Waals surface area contributed by atoms with E-state index in [0.717, 1.165) is 16.5 Å². The molecular weight excluding hydrogens is 318 g/mol. The van der Waals surface area contributed by atoms with E-state index in [0.29, 0.717) is 11.3 Å². The largest absolute Gasteiger partial charge is 0.316 e. The summed E-state index contributed by atoms with van der Waals surface area (Å²) in [6, 6.07) is 15.9. The van der Waals surface area contributed by atoms with Gasteiger partial charge in [0, 0.05) is 24.6 Å². The number of aromatic nitrogens is 1. The highest BCUT2D eigenvalue weighted by molar-refractivity contribution is 6.02. The number of nitrogens with zero attached hydrogens (tertiary/aromatic N) is 3. The number of hydrogen-bond donors (Lipinski definition) is 0. The summed E-state index contributed by atoms with van der Waals surface area (Å²) in [6.45, 7) is 4.17. The number of non-ortho nitro benzene ring substituents is 1.